The first kappa shape index (κ1) is 27.4. The topological polar surface area (TPSA) is 74.8 Å². The molecule has 38 heavy (non-hydrogen) atoms. The van der Waals surface area contributed by atoms with Crippen LogP contribution < -0.4 is 15.0 Å². The van der Waals surface area contributed by atoms with Crippen molar-refractivity contribution in [2.75, 3.05) is 43.5 Å². The van der Waals surface area contributed by atoms with Gasteiger partial charge in [-0.3, -0.25) is 9.59 Å². The molecule has 1 N–H and O–H groups in total. The van der Waals surface area contributed by atoms with E-state index >= 15 is 0 Å². The van der Waals surface area contributed by atoms with Gasteiger partial charge in [-0.1, -0.05) is 57.6 Å². The van der Waals surface area contributed by atoms with Gasteiger partial charge in [-0.05, 0) is 42.8 Å². The molecule has 4 rings (SSSR count). The predicted octanol–water partition coefficient (Wildman–Crippen LogP) is 6.29. The molecule has 0 spiro atoms. The van der Waals surface area contributed by atoms with Crippen molar-refractivity contribution >= 4 is 34.1 Å². The highest BCUT2D eigenvalue weighted by Gasteiger charge is 2.24. The number of nitrogens with zero attached hydrogens (tertiary/aromatic N) is 3. The maximum atomic E-state index is 13.2. The molecule has 2 aromatic carbocycles. The van der Waals surface area contributed by atoms with Crippen molar-refractivity contribution in [3.8, 4) is 5.75 Å². The lowest BCUT2D eigenvalue weighted by atomic mass is 10.1. The Morgan fingerprint density at radius 3 is 2.29 bits per heavy atom. The minimum atomic E-state index is -0.0762. The van der Waals surface area contributed by atoms with E-state index in [-0.39, 0.29) is 11.8 Å². The van der Waals surface area contributed by atoms with Crippen molar-refractivity contribution in [1.29, 1.82) is 0 Å². The summed E-state index contributed by atoms with van der Waals surface area (Å²) in [5, 5.41) is 3.91. The molecule has 2 heterocycles. The summed E-state index contributed by atoms with van der Waals surface area (Å²) in [4.78, 5) is 34.2. The molecule has 0 radical (unpaired) electrons. The number of unbranched alkanes of at least 4 members (excludes halogenated alkanes) is 6. The van der Waals surface area contributed by atoms with E-state index < -0.39 is 0 Å². The van der Waals surface area contributed by atoms with Gasteiger partial charge in [0.2, 0.25) is 5.91 Å². The van der Waals surface area contributed by atoms with Crippen molar-refractivity contribution in [2.24, 2.45) is 0 Å². The summed E-state index contributed by atoms with van der Waals surface area (Å²) in [6.07, 6.45) is 9.00. The Kier molecular flexibility index (Phi) is 9.96. The fourth-order valence-corrected chi connectivity index (χ4v) is 4.97. The van der Waals surface area contributed by atoms with Gasteiger partial charge in [0.05, 0.1) is 12.6 Å². The van der Waals surface area contributed by atoms with Gasteiger partial charge in [0.25, 0.3) is 5.91 Å². The summed E-state index contributed by atoms with van der Waals surface area (Å²) in [5.41, 5.74) is 3.08. The highest BCUT2D eigenvalue weighted by atomic mass is 16.5. The van der Waals surface area contributed by atoms with E-state index in [1.54, 1.807) is 13.2 Å². The Bertz CT molecular complexity index is 1200. The van der Waals surface area contributed by atoms with Crippen LogP contribution in [0, 0.1) is 0 Å². The molecule has 1 fully saturated rings. The number of pyridine rings is 1. The molecule has 7 heteroatoms. The monoisotopic (exact) mass is 516 g/mol. The van der Waals surface area contributed by atoms with Crippen molar-refractivity contribution in [3.63, 3.8) is 0 Å². The summed E-state index contributed by atoms with van der Waals surface area (Å²) < 4.78 is 5.51. The number of para-hydroxylation sites is 1. The number of hydrogen-bond acceptors (Lipinski definition) is 5. The van der Waals surface area contributed by atoms with Crippen LogP contribution in [0.2, 0.25) is 0 Å². The molecule has 202 valence electrons. The van der Waals surface area contributed by atoms with Gasteiger partial charge < -0.3 is 19.9 Å². The number of anilines is 2. The zero-order valence-corrected chi connectivity index (χ0v) is 22.7. The van der Waals surface area contributed by atoms with Crippen molar-refractivity contribution < 1.29 is 14.3 Å². The Morgan fingerprint density at radius 1 is 0.895 bits per heavy atom. The fraction of sp³-hybridized carbons (Fsp3) is 0.452. The van der Waals surface area contributed by atoms with Crippen LogP contribution in [0.4, 0.5) is 11.4 Å². The van der Waals surface area contributed by atoms with Crippen LogP contribution in [0.25, 0.3) is 10.9 Å². The summed E-state index contributed by atoms with van der Waals surface area (Å²) in [7, 11) is 1.61. The number of carbonyl (C=O) groups is 2. The highest BCUT2D eigenvalue weighted by Crippen LogP contribution is 2.26. The van der Waals surface area contributed by atoms with Crippen LogP contribution >= 0.6 is 0 Å². The second-order valence-electron chi connectivity index (χ2n) is 9.97. The molecule has 0 aliphatic carbocycles. The summed E-state index contributed by atoms with van der Waals surface area (Å²) in [5.74, 6) is 0.664. The first-order valence-electron chi connectivity index (χ1n) is 14.0. The van der Waals surface area contributed by atoms with Crippen LogP contribution in [-0.2, 0) is 4.79 Å². The van der Waals surface area contributed by atoms with E-state index in [1.807, 2.05) is 53.4 Å². The average Bonchev–Trinajstić information content (AvgIpc) is 2.96. The maximum absolute atomic E-state index is 13.2. The zero-order chi connectivity index (χ0) is 26.7. The Morgan fingerprint density at radius 2 is 1.58 bits per heavy atom. The molecular formula is C31H40N4O3. The van der Waals surface area contributed by atoms with Crippen LogP contribution in [0.3, 0.4) is 0 Å². The highest BCUT2D eigenvalue weighted by molar-refractivity contribution is 5.97. The van der Waals surface area contributed by atoms with E-state index in [1.165, 1.54) is 32.1 Å². The van der Waals surface area contributed by atoms with Gasteiger partial charge in [-0.2, -0.15) is 0 Å². The third-order valence-electron chi connectivity index (χ3n) is 7.21. The van der Waals surface area contributed by atoms with E-state index in [0.717, 1.165) is 48.2 Å². The number of nitrogens with one attached hydrogen (secondary N) is 1. The molecule has 1 saturated heterocycles. The molecule has 2 amide bonds. The molecule has 0 bridgehead atoms. The molecular weight excluding hydrogens is 476 g/mol. The molecule has 7 nitrogen and oxygen atoms in total. The van der Waals surface area contributed by atoms with E-state index in [4.69, 9.17) is 4.74 Å². The number of carbonyl (C=O) groups excluding carboxylic acids is 2. The molecule has 0 saturated carbocycles. The van der Waals surface area contributed by atoms with Crippen LogP contribution in [0.1, 0.15) is 68.8 Å². The van der Waals surface area contributed by atoms with E-state index in [0.29, 0.717) is 31.0 Å². The number of rotatable bonds is 12. The quantitative estimate of drug-likeness (QED) is 0.287. The van der Waals surface area contributed by atoms with Gasteiger partial charge in [0.1, 0.15) is 11.4 Å². The second-order valence-corrected chi connectivity index (χ2v) is 9.97. The summed E-state index contributed by atoms with van der Waals surface area (Å²) >= 11 is 0. The van der Waals surface area contributed by atoms with Crippen molar-refractivity contribution in [2.45, 2.75) is 58.3 Å². The number of methoxy groups -OCH3 is 1. The van der Waals surface area contributed by atoms with Crippen LogP contribution in [0.15, 0.2) is 54.6 Å². The summed E-state index contributed by atoms with van der Waals surface area (Å²) in [6.45, 7) is 4.93. The lowest BCUT2D eigenvalue weighted by molar-refractivity contribution is -0.116. The number of benzene rings is 2. The minimum absolute atomic E-state index is 0.0762. The fourth-order valence-electron chi connectivity index (χ4n) is 4.97. The second kappa shape index (κ2) is 13.8. The third kappa shape index (κ3) is 7.24. The van der Waals surface area contributed by atoms with Crippen LogP contribution in [0.5, 0.6) is 5.75 Å². The Hall–Kier alpha value is -3.61. The average molecular weight is 517 g/mol. The zero-order valence-electron chi connectivity index (χ0n) is 22.7. The van der Waals surface area contributed by atoms with Gasteiger partial charge >= 0.3 is 0 Å². The van der Waals surface area contributed by atoms with E-state index in [9.17, 15) is 9.59 Å². The molecule has 1 aliphatic rings. The van der Waals surface area contributed by atoms with E-state index in [2.05, 4.69) is 22.1 Å². The lowest BCUT2D eigenvalue weighted by Crippen LogP contribution is -2.49. The maximum Gasteiger partial charge on any atom is 0.272 e. The lowest BCUT2D eigenvalue weighted by Gasteiger charge is -2.36. The number of aromatic nitrogens is 1. The number of fused-ring (bicyclic) bond motifs is 1. The minimum Gasteiger partial charge on any atom is -0.496 e. The van der Waals surface area contributed by atoms with Gasteiger partial charge in [0.15, 0.2) is 0 Å². The number of hydrogen-bond donors (Lipinski definition) is 1. The molecule has 1 aromatic heterocycles. The smallest absolute Gasteiger partial charge is 0.272 e. The molecule has 0 atom stereocenters. The van der Waals surface area contributed by atoms with Crippen molar-refractivity contribution in [1.82, 2.24) is 9.88 Å². The molecule has 0 unspecified atom stereocenters. The first-order valence-corrected chi connectivity index (χ1v) is 14.0. The SMILES string of the molecule is CCCCCCCCCC(=O)Nc1ccc(N2CCN(C(=O)c3cc(OC)c4ccccc4n3)CC2)cc1. The number of ether oxygens (including phenoxy) is 1. The largest absolute Gasteiger partial charge is 0.496 e. The predicted molar refractivity (Wildman–Crippen MR) is 154 cm³/mol. The van der Waals surface area contributed by atoms with Crippen LogP contribution in [-0.4, -0.2) is 55.0 Å². The third-order valence-corrected chi connectivity index (χ3v) is 7.21. The standard InChI is InChI=1S/C31H40N4O3/c1-3-4-5-6-7-8-9-14-30(36)32-24-15-17-25(18-16-24)34-19-21-35(22-20-34)31(37)28-23-29(38-2)26-12-10-11-13-27(26)33-28/h10-13,15-18,23H,3-9,14,19-22H2,1-2H3,(H,32,36). The van der Waals surface area contributed by atoms with Crippen molar-refractivity contribution in [3.05, 3.63) is 60.3 Å². The molecule has 3 aromatic rings. The normalized spacial score (nSPS) is 13.5. The molecule has 1 aliphatic heterocycles. The number of piperazine rings is 1. The Labute approximate surface area is 226 Å². The first-order chi connectivity index (χ1) is 18.6. The summed E-state index contributed by atoms with van der Waals surface area (Å²) in [6, 6.07) is 17.4. The van der Waals surface area contributed by atoms with Gasteiger partial charge in [-0.25, -0.2) is 4.98 Å². The Balaban J connectivity index is 1.24. The van der Waals surface area contributed by atoms with Gasteiger partial charge in [0, 0.05) is 55.4 Å². The van der Waals surface area contributed by atoms with Gasteiger partial charge in [-0.15, -0.1) is 0 Å². The number of amides is 2.